The highest BCUT2D eigenvalue weighted by Crippen LogP contribution is 2.37. The Morgan fingerprint density at radius 2 is 2.11 bits per heavy atom. The molecule has 0 radical (unpaired) electrons. The third-order valence-electron chi connectivity index (χ3n) is 5.19. The minimum Gasteiger partial charge on any atom is -0.394 e. The van der Waals surface area contributed by atoms with Gasteiger partial charge in [0.1, 0.15) is 0 Å². The van der Waals surface area contributed by atoms with Gasteiger partial charge in [-0.15, -0.1) is 0 Å². The number of likely N-dealkylation sites (N-methyl/N-ethyl adjacent to an activating group) is 1. The van der Waals surface area contributed by atoms with E-state index in [1.165, 1.54) is 51.7 Å². The molecule has 0 bridgehead atoms. The topological polar surface area (TPSA) is 35.5 Å². The molecule has 0 aliphatic heterocycles. The minimum absolute atomic E-state index is 0.0129. The summed E-state index contributed by atoms with van der Waals surface area (Å²) in [6, 6.07) is 0. The van der Waals surface area contributed by atoms with Crippen molar-refractivity contribution < 1.29 is 5.11 Å². The lowest BCUT2D eigenvalue weighted by Gasteiger charge is -2.35. The SMILES string of the molecule is CCN(CCC1CCCC1(CO)NC)CC1CC1. The summed E-state index contributed by atoms with van der Waals surface area (Å²) in [7, 11) is 2.01. The van der Waals surface area contributed by atoms with E-state index in [0.717, 1.165) is 12.3 Å². The van der Waals surface area contributed by atoms with Crippen molar-refractivity contribution in [2.75, 3.05) is 33.3 Å². The number of aliphatic hydroxyl groups excluding tert-OH is 1. The molecule has 2 unspecified atom stereocenters. The zero-order valence-corrected chi connectivity index (χ0v) is 12.1. The van der Waals surface area contributed by atoms with E-state index in [-0.39, 0.29) is 5.54 Å². The van der Waals surface area contributed by atoms with Crippen LogP contribution in [0.5, 0.6) is 0 Å². The second-order valence-electron chi connectivity index (χ2n) is 6.28. The monoisotopic (exact) mass is 254 g/mol. The summed E-state index contributed by atoms with van der Waals surface area (Å²) in [6.45, 7) is 6.25. The lowest BCUT2D eigenvalue weighted by atomic mass is 9.85. The predicted molar refractivity (Wildman–Crippen MR) is 75.7 cm³/mol. The molecule has 0 aromatic carbocycles. The van der Waals surface area contributed by atoms with Crippen molar-refractivity contribution in [1.82, 2.24) is 10.2 Å². The van der Waals surface area contributed by atoms with Gasteiger partial charge in [0.25, 0.3) is 0 Å². The number of nitrogens with one attached hydrogen (secondary N) is 1. The lowest BCUT2D eigenvalue weighted by molar-refractivity contribution is 0.118. The van der Waals surface area contributed by atoms with E-state index in [4.69, 9.17) is 0 Å². The number of hydrogen-bond acceptors (Lipinski definition) is 3. The highest BCUT2D eigenvalue weighted by Gasteiger charge is 2.40. The van der Waals surface area contributed by atoms with Crippen molar-refractivity contribution in [3.8, 4) is 0 Å². The van der Waals surface area contributed by atoms with Crippen LogP contribution in [0.25, 0.3) is 0 Å². The number of hydrogen-bond donors (Lipinski definition) is 2. The van der Waals surface area contributed by atoms with E-state index in [2.05, 4.69) is 17.1 Å². The third kappa shape index (κ3) is 3.25. The first-order chi connectivity index (χ1) is 8.74. The lowest BCUT2D eigenvalue weighted by Crippen LogP contribution is -2.50. The molecular formula is C15H30N2O. The van der Waals surface area contributed by atoms with E-state index in [1.54, 1.807) is 0 Å². The average molecular weight is 254 g/mol. The Labute approximate surface area is 112 Å². The molecule has 2 N–H and O–H groups in total. The van der Waals surface area contributed by atoms with Crippen LogP contribution in [0.1, 0.15) is 45.4 Å². The highest BCUT2D eigenvalue weighted by atomic mass is 16.3. The van der Waals surface area contributed by atoms with Gasteiger partial charge < -0.3 is 15.3 Å². The smallest absolute Gasteiger partial charge is 0.0615 e. The van der Waals surface area contributed by atoms with Gasteiger partial charge in [0.15, 0.2) is 0 Å². The van der Waals surface area contributed by atoms with Gasteiger partial charge in [-0.25, -0.2) is 0 Å². The van der Waals surface area contributed by atoms with Crippen LogP contribution in [-0.4, -0.2) is 48.8 Å². The molecule has 2 saturated carbocycles. The van der Waals surface area contributed by atoms with Crippen molar-refractivity contribution in [2.24, 2.45) is 11.8 Å². The summed E-state index contributed by atoms with van der Waals surface area (Å²) in [5.74, 6) is 1.64. The Hall–Kier alpha value is -0.120. The standard InChI is InChI=1S/C15H30N2O/c1-3-17(11-13-6-7-13)10-8-14-5-4-9-15(14,12-18)16-2/h13-14,16,18H,3-12H2,1-2H3. The van der Waals surface area contributed by atoms with Crippen LogP contribution >= 0.6 is 0 Å². The molecule has 0 spiro atoms. The Morgan fingerprint density at radius 3 is 2.67 bits per heavy atom. The normalized spacial score (nSPS) is 32.3. The Balaban J connectivity index is 1.80. The van der Waals surface area contributed by atoms with Gasteiger partial charge in [-0.1, -0.05) is 13.3 Å². The molecule has 0 aromatic heterocycles. The van der Waals surface area contributed by atoms with Crippen LogP contribution in [0, 0.1) is 11.8 Å². The Bertz CT molecular complexity index is 249. The van der Waals surface area contributed by atoms with Crippen LogP contribution in [-0.2, 0) is 0 Å². The van der Waals surface area contributed by atoms with E-state index >= 15 is 0 Å². The van der Waals surface area contributed by atoms with Crippen molar-refractivity contribution in [1.29, 1.82) is 0 Å². The Morgan fingerprint density at radius 1 is 1.33 bits per heavy atom. The van der Waals surface area contributed by atoms with E-state index in [1.807, 2.05) is 7.05 Å². The quantitative estimate of drug-likeness (QED) is 0.694. The molecule has 2 rings (SSSR count). The third-order valence-corrected chi connectivity index (χ3v) is 5.19. The van der Waals surface area contributed by atoms with Crippen LogP contribution in [0.15, 0.2) is 0 Å². The van der Waals surface area contributed by atoms with Crippen LogP contribution in [0.4, 0.5) is 0 Å². The van der Waals surface area contributed by atoms with Crippen molar-refractivity contribution in [2.45, 2.75) is 51.0 Å². The van der Waals surface area contributed by atoms with Gasteiger partial charge in [0, 0.05) is 12.1 Å². The summed E-state index contributed by atoms with van der Waals surface area (Å²) >= 11 is 0. The molecule has 2 aliphatic carbocycles. The molecular weight excluding hydrogens is 224 g/mol. The van der Waals surface area contributed by atoms with Crippen LogP contribution < -0.4 is 5.32 Å². The molecule has 0 amide bonds. The maximum atomic E-state index is 9.69. The molecule has 18 heavy (non-hydrogen) atoms. The first kappa shape index (κ1) is 14.3. The first-order valence-corrected chi connectivity index (χ1v) is 7.76. The van der Waals surface area contributed by atoms with E-state index in [0.29, 0.717) is 12.5 Å². The summed E-state index contributed by atoms with van der Waals surface area (Å²) in [5.41, 5.74) is 0.0129. The van der Waals surface area contributed by atoms with E-state index in [9.17, 15) is 5.11 Å². The highest BCUT2D eigenvalue weighted by molar-refractivity contribution is 4.98. The molecule has 0 saturated heterocycles. The molecule has 106 valence electrons. The van der Waals surface area contributed by atoms with Crippen molar-refractivity contribution in [3.63, 3.8) is 0 Å². The largest absolute Gasteiger partial charge is 0.394 e. The first-order valence-electron chi connectivity index (χ1n) is 7.76. The summed E-state index contributed by atoms with van der Waals surface area (Å²) in [6.07, 6.45) is 7.80. The fourth-order valence-electron chi connectivity index (χ4n) is 3.56. The van der Waals surface area contributed by atoms with Crippen molar-refractivity contribution in [3.05, 3.63) is 0 Å². The van der Waals surface area contributed by atoms with Crippen LogP contribution in [0.2, 0.25) is 0 Å². The molecule has 3 nitrogen and oxygen atoms in total. The van der Waals surface area contributed by atoms with Crippen LogP contribution in [0.3, 0.4) is 0 Å². The molecule has 0 heterocycles. The number of rotatable bonds is 8. The van der Waals surface area contributed by atoms with Crippen molar-refractivity contribution >= 4 is 0 Å². The minimum atomic E-state index is 0.0129. The summed E-state index contributed by atoms with van der Waals surface area (Å²) in [5, 5.41) is 13.1. The van der Waals surface area contributed by atoms with Gasteiger partial charge in [0.2, 0.25) is 0 Å². The Kier molecular flexibility index (Phi) is 5.05. The fourth-order valence-corrected chi connectivity index (χ4v) is 3.56. The van der Waals surface area contributed by atoms with Gasteiger partial charge in [-0.05, 0) is 64.1 Å². The molecule has 2 aliphatic rings. The zero-order valence-electron chi connectivity index (χ0n) is 12.1. The predicted octanol–water partition coefficient (Wildman–Crippen LogP) is 1.86. The second kappa shape index (κ2) is 6.36. The van der Waals surface area contributed by atoms with Gasteiger partial charge >= 0.3 is 0 Å². The fraction of sp³-hybridized carbons (Fsp3) is 1.00. The number of aliphatic hydroxyl groups is 1. The maximum absolute atomic E-state index is 9.69. The van der Waals surface area contributed by atoms with Gasteiger partial charge in [-0.2, -0.15) is 0 Å². The molecule has 0 aromatic rings. The van der Waals surface area contributed by atoms with Gasteiger partial charge in [-0.3, -0.25) is 0 Å². The number of nitrogens with zero attached hydrogens (tertiary/aromatic N) is 1. The average Bonchev–Trinajstić information content (AvgIpc) is 3.13. The molecule has 2 fully saturated rings. The molecule has 2 atom stereocenters. The zero-order chi connectivity index (χ0) is 13.0. The molecule has 3 heteroatoms. The summed E-state index contributed by atoms with van der Waals surface area (Å²) in [4.78, 5) is 2.60. The summed E-state index contributed by atoms with van der Waals surface area (Å²) < 4.78 is 0. The second-order valence-corrected chi connectivity index (χ2v) is 6.28. The maximum Gasteiger partial charge on any atom is 0.0615 e. The van der Waals surface area contributed by atoms with E-state index < -0.39 is 0 Å². The van der Waals surface area contributed by atoms with Gasteiger partial charge in [0.05, 0.1) is 6.61 Å².